The molecule has 18 heavy (non-hydrogen) atoms. The maximum atomic E-state index is 12.2. The van der Waals surface area contributed by atoms with Crippen LogP contribution in [0.25, 0.3) is 0 Å². The molecule has 0 radical (unpaired) electrons. The largest absolute Gasteiger partial charge is 0.399 e. The van der Waals surface area contributed by atoms with E-state index in [0.29, 0.717) is 11.3 Å². The molecule has 4 heteroatoms. The van der Waals surface area contributed by atoms with Gasteiger partial charge in [0.15, 0.2) is 0 Å². The van der Waals surface area contributed by atoms with Gasteiger partial charge in [-0.2, -0.15) is 0 Å². The molecule has 0 bridgehead atoms. The Hall–Kier alpha value is -1.55. The van der Waals surface area contributed by atoms with Crippen LogP contribution in [0.4, 0.5) is 5.69 Å². The highest BCUT2D eigenvalue weighted by Gasteiger charge is 2.34. The van der Waals surface area contributed by atoms with Gasteiger partial charge in [0, 0.05) is 11.3 Å². The summed E-state index contributed by atoms with van der Waals surface area (Å²) in [7, 11) is 0. The Kier molecular flexibility index (Phi) is 3.57. The minimum atomic E-state index is -0.435. The molecule has 1 aromatic carbocycles. The van der Waals surface area contributed by atoms with Crippen molar-refractivity contribution in [3.8, 4) is 0 Å². The van der Waals surface area contributed by atoms with Gasteiger partial charge < -0.3 is 16.2 Å². The highest BCUT2D eigenvalue weighted by atomic mass is 16.3. The molecule has 2 rings (SSSR count). The number of nitrogens with two attached hydrogens (primary N) is 1. The molecule has 0 saturated heterocycles. The van der Waals surface area contributed by atoms with Crippen LogP contribution in [-0.2, 0) is 0 Å². The Morgan fingerprint density at radius 3 is 2.61 bits per heavy atom. The third kappa shape index (κ3) is 2.64. The molecule has 1 saturated carbocycles. The topological polar surface area (TPSA) is 75.4 Å². The van der Waals surface area contributed by atoms with Gasteiger partial charge in [-0.05, 0) is 43.5 Å². The molecule has 1 aliphatic rings. The second kappa shape index (κ2) is 4.98. The Morgan fingerprint density at radius 2 is 2.06 bits per heavy atom. The predicted octanol–water partition coefficient (Wildman–Crippen LogP) is 1.61. The van der Waals surface area contributed by atoms with Gasteiger partial charge in [-0.25, -0.2) is 0 Å². The van der Waals surface area contributed by atoms with Crippen LogP contribution in [0.2, 0.25) is 0 Å². The molecule has 98 valence electrons. The fraction of sp³-hybridized carbons (Fsp3) is 0.500. The van der Waals surface area contributed by atoms with E-state index in [1.807, 2.05) is 19.1 Å². The van der Waals surface area contributed by atoms with E-state index in [1.165, 1.54) is 0 Å². The Bertz CT molecular complexity index is 431. The SMILES string of the molecule is Cc1cc(N)cc(C(=O)NC2(CO)CCCC2)c1. The van der Waals surface area contributed by atoms with Gasteiger partial charge in [-0.15, -0.1) is 0 Å². The van der Waals surface area contributed by atoms with Crippen molar-refractivity contribution in [2.24, 2.45) is 0 Å². The van der Waals surface area contributed by atoms with Gasteiger partial charge >= 0.3 is 0 Å². The van der Waals surface area contributed by atoms with Crippen LogP contribution in [-0.4, -0.2) is 23.2 Å². The quantitative estimate of drug-likeness (QED) is 0.711. The zero-order chi connectivity index (χ0) is 13.2. The molecule has 4 nitrogen and oxygen atoms in total. The van der Waals surface area contributed by atoms with Crippen molar-refractivity contribution < 1.29 is 9.90 Å². The van der Waals surface area contributed by atoms with Crippen LogP contribution < -0.4 is 11.1 Å². The van der Waals surface area contributed by atoms with Crippen molar-refractivity contribution in [1.29, 1.82) is 0 Å². The first-order valence-electron chi connectivity index (χ1n) is 6.35. The maximum Gasteiger partial charge on any atom is 0.251 e. The van der Waals surface area contributed by atoms with E-state index >= 15 is 0 Å². The second-order valence-corrected chi connectivity index (χ2v) is 5.23. The lowest BCUT2D eigenvalue weighted by Crippen LogP contribution is -2.49. The lowest BCUT2D eigenvalue weighted by molar-refractivity contribution is 0.0838. The Labute approximate surface area is 107 Å². The van der Waals surface area contributed by atoms with Crippen LogP contribution >= 0.6 is 0 Å². The molecule has 0 aromatic heterocycles. The van der Waals surface area contributed by atoms with E-state index in [4.69, 9.17) is 5.73 Å². The number of aryl methyl sites for hydroxylation is 1. The summed E-state index contributed by atoms with van der Waals surface area (Å²) in [4.78, 5) is 12.2. The summed E-state index contributed by atoms with van der Waals surface area (Å²) in [6.07, 6.45) is 3.79. The number of benzene rings is 1. The number of rotatable bonds is 3. The van der Waals surface area contributed by atoms with E-state index in [1.54, 1.807) is 6.07 Å². The fourth-order valence-corrected chi connectivity index (χ4v) is 2.63. The van der Waals surface area contributed by atoms with Crippen LogP contribution in [0, 0.1) is 6.92 Å². The molecule has 1 amide bonds. The summed E-state index contributed by atoms with van der Waals surface area (Å²) < 4.78 is 0. The number of aliphatic hydroxyl groups excluding tert-OH is 1. The van der Waals surface area contributed by atoms with E-state index in [0.717, 1.165) is 31.2 Å². The van der Waals surface area contributed by atoms with Gasteiger partial charge in [-0.3, -0.25) is 4.79 Å². The molecule has 0 aliphatic heterocycles. The van der Waals surface area contributed by atoms with Crippen molar-refractivity contribution in [3.05, 3.63) is 29.3 Å². The monoisotopic (exact) mass is 248 g/mol. The first kappa shape index (κ1) is 12.9. The number of nitrogens with one attached hydrogen (secondary N) is 1. The van der Waals surface area contributed by atoms with Crippen molar-refractivity contribution in [3.63, 3.8) is 0 Å². The Balaban J connectivity index is 2.16. The molecule has 0 spiro atoms. The highest BCUT2D eigenvalue weighted by molar-refractivity contribution is 5.95. The number of hydrogen-bond donors (Lipinski definition) is 3. The third-order valence-corrected chi connectivity index (χ3v) is 3.60. The van der Waals surface area contributed by atoms with Crippen molar-refractivity contribution in [2.75, 3.05) is 12.3 Å². The first-order chi connectivity index (χ1) is 8.54. The molecule has 0 unspecified atom stereocenters. The second-order valence-electron chi connectivity index (χ2n) is 5.23. The number of aliphatic hydroxyl groups is 1. The van der Waals surface area contributed by atoms with Crippen molar-refractivity contribution in [1.82, 2.24) is 5.32 Å². The molecule has 1 aromatic rings. The summed E-state index contributed by atoms with van der Waals surface area (Å²) >= 11 is 0. The van der Waals surface area contributed by atoms with Gasteiger partial charge in [0.05, 0.1) is 12.1 Å². The van der Waals surface area contributed by atoms with E-state index in [-0.39, 0.29) is 12.5 Å². The molecule has 0 atom stereocenters. The van der Waals surface area contributed by atoms with Gasteiger partial charge in [0.25, 0.3) is 5.91 Å². The summed E-state index contributed by atoms with van der Waals surface area (Å²) in [5, 5.41) is 12.5. The standard InChI is InChI=1S/C14H20N2O2/c1-10-6-11(8-12(15)7-10)13(18)16-14(9-17)4-2-3-5-14/h6-8,17H,2-5,9,15H2,1H3,(H,16,18). The molecule has 0 heterocycles. The number of anilines is 1. The maximum absolute atomic E-state index is 12.2. The first-order valence-corrected chi connectivity index (χ1v) is 6.35. The number of carbonyl (C=O) groups is 1. The van der Waals surface area contributed by atoms with Crippen molar-refractivity contribution >= 4 is 11.6 Å². The lowest BCUT2D eigenvalue weighted by atomic mass is 9.98. The molecule has 4 N–H and O–H groups in total. The highest BCUT2D eigenvalue weighted by Crippen LogP contribution is 2.29. The van der Waals surface area contributed by atoms with Gasteiger partial charge in [0.1, 0.15) is 0 Å². The Morgan fingerprint density at radius 1 is 1.39 bits per heavy atom. The van der Waals surface area contributed by atoms with Crippen LogP contribution in [0.3, 0.4) is 0 Å². The normalized spacial score (nSPS) is 17.7. The van der Waals surface area contributed by atoms with Gasteiger partial charge in [-0.1, -0.05) is 12.8 Å². The minimum absolute atomic E-state index is 0.0000376. The third-order valence-electron chi connectivity index (χ3n) is 3.60. The minimum Gasteiger partial charge on any atom is -0.399 e. The number of hydrogen-bond acceptors (Lipinski definition) is 3. The number of carbonyl (C=O) groups excluding carboxylic acids is 1. The summed E-state index contributed by atoms with van der Waals surface area (Å²) in [5.41, 5.74) is 7.42. The van der Waals surface area contributed by atoms with Crippen LogP contribution in [0.5, 0.6) is 0 Å². The van der Waals surface area contributed by atoms with E-state index < -0.39 is 5.54 Å². The lowest BCUT2D eigenvalue weighted by Gasteiger charge is -2.28. The van der Waals surface area contributed by atoms with Crippen molar-refractivity contribution in [2.45, 2.75) is 38.1 Å². The van der Waals surface area contributed by atoms with Crippen LogP contribution in [0.15, 0.2) is 18.2 Å². The molecular weight excluding hydrogens is 228 g/mol. The number of amides is 1. The van der Waals surface area contributed by atoms with E-state index in [9.17, 15) is 9.90 Å². The molecule has 1 aliphatic carbocycles. The van der Waals surface area contributed by atoms with Crippen LogP contribution in [0.1, 0.15) is 41.6 Å². The summed E-state index contributed by atoms with van der Waals surface area (Å²) in [6, 6.07) is 5.31. The summed E-state index contributed by atoms with van der Waals surface area (Å²) in [6.45, 7) is 1.91. The average molecular weight is 248 g/mol. The fourth-order valence-electron chi connectivity index (χ4n) is 2.63. The zero-order valence-electron chi connectivity index (χ0n) is 10.7. The van der Waals surface area contributed by atoms with Gasteiger partial charge in [0.2, 0.25) is 0 Å². The summed E-state index contributed by atoms with van der Waals surface area (Å²) in [5.74, 6) is -0.152. The predicted molar refractivity (Wildman–Crippen MR) is 71.3 cm³/mol. The molecule has 1 fully saturated rings. The number of nitrogen functional groups attached to an aromatic ring is 1. The van der Waals surface area contributed by atoms with E-state index in [2.05, 4.69) is 5.32 Å². The molecular formula is C14H20N2O2. The average Bonchev–Trinajstić information content (AvgIpc) is 2.77. The zero-order valence-corrected chi connectivity index (χ0v) is 10.7. The smallest absolute Gasteiger partial charge is 0.251 e.